The quantitative estimate of drug-likeness (QED) is 0.706. The highest BCUT2D eigenvalue weighted by Crippen LogP contribution is 2.31. The summed E-state index contributed by atoms with van der Waals surface area (Å²) in [6.45, 7) is 4.21. The molecule has 0 saturated carbocycles. The molecule has 5 heteroatoms. The Balaban J connectivity index is 2.32. The summed E-state index contributed by atoms with van der Waals surface area (Å²) in [6, 6.07) is 1.82. The Kier molecular flexibility index (Phi) is 3.10. The Bertz CT molecular complexity index is 401. The maximum atomic E-state index is 11.4. The summed E-state index contributed by atoms with van der Waals surface area (Å²) in [4.78, 5) is 21.7. The smallest absolute Gasteiger partial charge is 0.220 e. The average Bonchev–Trinajstić information content (AvgIpc) is 2.63. The third-order valence-corrected chi connectivity index (χ3v) is 3.02. The zero-order valence-corrected chi connectivity index (χ0v) is 10.2. The van der Waals surface area contributed by atoms with E-state index in [-0.39, 0.29) is 11.9 Å². The summed E-state index contributed by atoms with van der Waals surface area (Å²) in [5, 5.41) is 0.443. The first-order chi connectivity index (χ1) is 7.58. The lowest BCUT2D eigenvalue weighted by Crippen LogP contribution is -2.28. The molecule has 1 aromatic heterocycles. The van der Waals surface area contributed by atoms with Crippen molar-refractivity contribution in [3.8, 4) is 0 Å². The van der Waals surface area contributed by atoms with Crippen LogP contribution >= 0.6 is 11.6 Å². The van der Waals surface area contributed by atoms with Gasteiger partial charge in [0.2, 0.25) is 5.91 Å². The second-order valence-corrected chi connectivity index (χ2v) is 4.42. The predicted molar refractivity (Wildman–Crippen MR) is 61.1 cm³/mol. The monoisotopic (exact) mass is 239 g/mol. The Morgan fingerprint density at radius 3 is 2.94 bits per heavy atom. The van der Waals surface area contributed by atoms with Gasteiger partial charge in [-0.05, 0) is 25.8 Å². The average molecular weight is 240 g/mol. The number of hydrogen-bond donors (Lipinski definition) is 0. The predicted octanol–water partition coefficient (Wildman–Crippen LogP) is 2.12. The Labute approximate surface area is 99.6 Å². The van der Waals surface area contributed by atoms with Gasteiger partial charge in [-0.25, -0.2) is 9.97 Å². The first-order valence-electron chi connectivity index (χ1n) is 5.36. The van der Waals surface area contributed by atoms with E-state index in [0.717, 1.165) is 25.1 Å². The summed E-state index contributed by atoms with van der Waals surface area (Å²) >= 11 is 5.90. The van der Waals surface area contributed by atoms with E-state index < -0.39 is 0 Å². The molecule has 0 radical (unpaired) electrons. The van der Waals surface area contributed by atoms with Crippen LogP contribution in [-0.4, -0.2) is 27.3 Å². The zero-order chi connectivity index (χ0) is 11.7. The van der Waals surface area contributed by atoms with E-state index >= 15 is 0 Å². The number of hydrogen-bond acceptors (Lipinski definition) is 3. The molecule has 1 aliphatic heterocycles. The van der Waals surface area contributed by atoms with Crippen LogP contribution in [0, 0.1) is 6.92 Å². The van der Waals surface area contributed by atoms with E-state index in [1.54, 1.807) is 13.0 Å². The minimum absolute atomic E-state index is 0.0664. The molecule has 1 fully saturated rings. The van der Waals surface area contributed by atoms with Crippen LogP contribution in [0.1, 0.15) is 37.3 Å². The molecular weight excluding hydrogens is 226 g/mol. The van der Waals surface area contributed by atoms with Crippen LogP contribution in [0.4, 0.5) is 0 Å². The molecule has 4 nitrogen and oxygen atoms in total. The normalized spacial score (nSPS) is 20.2. The van der Waals surface area contributed by atoms with Crippen LogP contribution in [-0.2, 0) is 4.79 Å². The van der Waals surface area contributed by atoms with E-state index in [2.05, 4.69) is 9.97 Å². The van der Waals surface area contributed by atoms with Gasteiger partial charge in [-0.1, -0.05) is 11.6 Å². The number of likely N-dealkylation sites (tertiary alicyclic amines) is 1. The summed E-state index contributed by atoms with van der Waals surface area (Å²) in [5.74, 6) is 0.743. The van der Waals surface area contributed by atoms with Gasteiger partial charge in [0.15, 0.2) is 0 Å². The van der Waals surface area contributed by atoms with Crippen LogP contribution in [0.3, 0.4) is 0 Å². The fourth-order valence-corrected chi connectivity index (χ4v) is 2.41. The van der Waals surface area contributed by atoms with Crippen molar-refractivity contribution in [3.63, 3.8) is 0 Å². The fraction of sp³-hybridized carbons (Fsp3) is 0.545. The number of amides is 1. The van der Waals surface area contributed by atoms with E-state index in [0.29, 0.717) is 11.0 Å². The first kappa shape index (κ1) is 11.3. The Hall–Kier alpha value is -1.16. The van der Waals surface area contributed by atoms with Crippen molar-refractivity contribution in [2.24, 2.45) is 0 Å². The van der Waals surface area contributed by atoms with Crippen molar-refractivity contribution >= 4 is 17.5 Å². The molecular formula is C11H14ClN3O. The molecule has 86 valence electrons. The standard InChI is InChI=1S/C11H14ClN3O/c1-7-13-9(6-11(12)14-7)10-4-3-5-15(10)8(2)16/h6,10H,3-5H2,1-2H3/t10-/m1/s1. The maximum absolute atomic E-state index is 11.4. The molecule has 0 spiro atoms. The Morgan fingerprint density at radius 1 is 1.56 bits per heavy atom. The van der Waals surface area contributed by atoms with Crippen LogP contribution in [0.2, 0.25) is 5.15 Å². The number of rotatable bonds is 1. The molecule has 1 aromatic rings. The van der Waals surface area contributed by atoms with Gasteiger partial charge >= 0.3 is 0 Å². The zero-order valence-electron chi connectivity index (χ0n) is 9.40. The van der Waals surface area contributed by atoms with Gasteiger partial charge in [0.1, 0.15) is 11.0 Å². The number of aryl methyl sites for hydroxylation is 1. The SMILES string of the molecule is CC(=O)N1CCC[C@@H]1c1cc(Cl)nc(C)n1. The van der Waals surface area contributed by atoms with Crippen molar-refractivity contribution in [3.05, 3.63) is 22.7 Å². The molecule has 2 rings (SSSR count). The van der Waals surface area contributed by atoms with Gasteiger partial charge in [0.05, 0.1) is 11.7 Å². The summed E-state index contributed by atoms with van der Waals surface area (Å²) in [5.41, 5.74) is 0.852. The van der Waals surface area contributed by atoms with Gasteiger partial charge in [0, 0.05) is 13.5 Å². The summed E-state index contributed by atoms with van der Waals surface area (Å²) in [6.07, 6.45) is 1.97. The second kappa shape index (κ2) is 4.37. The number of halogens is 1. The van der Waals surface area contributed by atoms with Gasteiger partial charge in [-0.15, -0.1) is 0 Å². The molecule has 0 aromatic carbocycles. The lowest BCUT2D eigenvalue weighted by Gasteiger charge is -2.22. The Morgan fingerprint density at radius 2 is 2.31 bits per heavy atom. The number of nitrogens with zero attached hydrogens (tertiary/aromatic N) is 3. The topological polar surface area (TPSA) is 46.1 Å². The molecule has 1 amide bonds. The second-order valence-electron chi connectivity index (χ2n) is 4.03. The van der Waals surface area contributed by atoms with Crippen molar-refractivity contribution < 1.29 is 4.79 Å². The molecule has 0 N–H and O–H groups in total. The van der Waals surface area contributed by atoms with Gasteiger partial charge in [-0.2, -0.15) is 0 Å². The lowest BCUT2D eigenvalue weighted by molar-refractivity contribution is -0.129. The lowest BCUT2D eigenvalue weighted by atomic mass is 10.1. The van der Waals surface area contributed by atoms with Crippen LogP contribution in [0.25, 0.3) is 0 Å². The van der Waals surface area contributed by atoms with E-state index in [1.807, 2.05) is 11.8 Å². The molecule has 0 bridgehead atoms. The molecule has 1 saturated heterocycles. The molecule has 1 atom stereocenters. The largest absolute Gasteiger partial charge is 0.334 e. The number of carbonyl (C=O) groups is 1. The van der Waals surface area contributed by atoms with Crippen LogP contribution in [0.5, 0.6) is 0 Å². The van der Waals surface area contributed by atoms with E-state index in [4.69, 9.17) is 11.6 Å². The third kappa shape index (κ3) is 2.16. The highest BCUT2D eigenvalue weighted by molar-refractivity contribution is 6.29. The van der Waals surface area contributed by atoms with Gasteiger partial charge in [-0.3, -0.25) is 4.79 Å². The van der Waals surface area contributed by atoms with Crippen molar-refractivity contribution in [1.82, 2.24) is 14.9 Å². The molecule has 1 aliphatic rings. The van der Waals surface area contributed by atoms with Gasteiger partial charge in [0.25, 0.3) is 0 Å². The highest BCUT2D eigenvalue weighted by Gasteiger charge is 2.29. The minimum Gasteiger partial charge on any atom is -0.334 e. The van der Waals surface area contributed by atoms with Gasteiger partial charge < -0.3 is 4.90 Å². The van der Waals surface area contributed by atoms with Crippen molar-refractivity contribution in [2.45, 2.75) is 32.7 Å². The van der Waals surface area contributed by atoms with Crippen molar-refractivity contribution in [2.75, 3.05) is 6.54 Å². The third-order valence-electron chi connectivity index (χ3n) is 2.83. The van der Waals surface area contributed by atoms with Crippen molar-refractivity contribution in [1.29, 1.82) is 0 Å². The molecule has 0 unspecified atom stereocenters. The van der Waals surface area contributed by atoms with E-state index in [1.165, 1.54) is 0 Å². The summed E-state index contributed by atoms with van der Waals surface area (Å²) < 4.78 is 0. The number of carbonyl (C=O) groups excluding carboxylic acids is 1. The first-order valence-corrected chi connectivity index (χ1v) is 5.74. The van der Waals surface area contributed by atoms with Crippen LogP contribution < -0.4 is 0 Å². The molecule has 16 heavy (non-hydrogen) atoms. The minimum atomic E-state index is 0.0664. The molecule has 2 heterocycles. The summed E-state index contributed by atoms with van der Waals surface area (Å²) in [7, 11) is 0. The molecule has 0 aliphatic carbocycles. The van der Waals surface area contributed by atoms with Crippen LogP contribution in [0.15, 0.2) is 6.07 Å². The fourth-order valence-electron chi connectivity index (χ4n) is 2.17. The number of aromatic nitrogens is 2. The maximum Gasteiger partial charge on any atom is 0.220 e. The van der Waals surface area contributed by atoms with E-state index in [9.17, 15) is 4.79 Å². The highest BCUT2D eigenvalue weighted by atomic mass is 35.5.